The van der Waals surface area contributed by atoms with Gasteiger partial charge in [-0.15, -0.1) is 0 Å². The van der Waals surface area contributed by atoms with Crippen molar-refractivity contribution in [3.63, 3.8) is 0 Å². The average Bonchev–Trinajstić information content (AvgIpc) is 2.03. The Hall–Kier alpha value is -0.640. The number of carbonyl (C=O) groups is 2. The number of carbonyl (C=O) groups excluding carboxylic acids is 2. The van der Waals surface area contributed by atoms with Crippen molar-refractivity contribution in [1.82, 2.24) is 0 Å². The van der Waals surface area contributed by atoms with Crippen molar-refractivity contribution in [3.8, 4) is 0 Å². The Kier molecular flexibility index (Phi) is 5.62. The summed E-state index contributed by atoms with van der Waals surface area (Å²) in [5.74, 6) is -1.85. The molecule has 0 fully saturated rings. The molecule has 0 aromatic heterocycles. The summed E-state index contributed by atoms with van der Waals surface area (Å²) in [6.45, 7) is 0. The van der Waals surface area contributed by atoms with Crippen LogP contribution in [0.15, 0.2) is 36.5 Å². The zero-order valence-electron chi connectivity index (χ0n) is 7.27. The van der Waals surface area contributed by atoms with Gasteiger partial charge in [-0.2, -0.15) is 0 Å². The van der Waals surface area contributed by atoms with Crippen LogP contribution in [-0.4, -0.2) is 11.8 Å². The largest absolute Gasteiger partial charge is 1.00 e. The quantitative estimate of drug-likeness (QED) is 0.334. The van der Waals surface area contributed by atoms with Gasteiger partial charge in [-0.05, 0) is 12.2 Å². The molecule has 0 amide bonds. The predicted octanol–water partition coefficient (Wildman–Crippen LogP) is -3.39. The number of carboxylic acids is 1. The SMILES string of the molecule is O=C([O-])/C=C\C1C=CC=CC1=O.[Na+]. The molecule has 0 spiro atoms. The smallest absolute Gasteiger partial charge is 0.545 e. The first-order valence-corrected chi connectivity index (χ1v) is 3.48. The molecule has 1 unspecified atom stereocenters. The maximum atomic E-state index is 11.0. The van der Waals surface area contributed by atoms with E-state index in [4.69, 9.17) is 0 Å². The molecular weight excluding hydrogens is 179 g/mol. The zero-order valence-corrected chi connectivity index (χ0v) is 9.27. The molecule has 0 radical (unpaired) electrons. The van der Waals surface area contributed by atoms with E-state index >= 15 is 0 Å². The van der Waals surface area contributed by atoms with Gasteiger partial charge in [-0.3, -0.25) is 4.79 Å². The van der Waals surface area contributed by atoms with E-state index in [-0.39, 0.29) is 35.3 Å². The van der Waals surface area contributed by atoms with Gasteiger partial charge in [0.2, 0.25) is 0 Å². The number of carboxylic acid groups (broad SMARTS) is 1. The first-order valence-electron chi connectivity index (χ1n) is 3.48. The molecule has 0 heterocycles. The molecule has 0 aromatic rings. The summed E-state index contributed by atoms with van der Waals surface area (Å²) < 4.78 is 0. The van der Waals surface area contributed by atoms with Crippen molar-refractivity contribution >= 4 is 11.8 Å². The molecule has 0 aliphatic heterocycles. The maximum absolute atomic E-state index is 11.0. The van der Waals surface area contributed by atoms with Crippen LogP contribution >= 0.6 is 0 Å². The predicted molar refractivity (Wildman–Crippen MR) is 40.9 cm³/mol. The van der Waals surface area contributed by atoms with Crippen LogP contribution in [0.4, 0.5) is 0 Å². The van der Waals surface area contributed by atoms with Crippen molar-refractivity contribution in [2.45, 2.75) is 0 Å². The first-order chi connectivity index (χ1) is 5.70. The van der Waals surface area contributed by atoms with E-state index in [1.54, 1.807) is 18.2 Å². The molecule has 0 saturated carbocycles. The topological polar surface area (TPSA) is 57.2 Å². The Balaban J connectivity index is 0.00000144. The molecule has 0 bridgehead atoms. The van der Waals surface area contributed by atoms with E-state index in [0.717, 1.165) is 6.08 Å². The van der Waals surface area contributed by atoms with Gasteiger partial charge in [0.25, 0.3) is 0 Å². The number of hydrogen-bond acceptors (Lipinski definition) is 3. The molecule has 1 rings (SSSR count). The molecule has 1 atom stereocenters. The second-order valence-corrected chi connectivity index (χ2v) is 2.35. The molecule has 0 aromatic carbocycles. The summed E-state index contributed by atoms with van der Waals surface area (Å²) in [5, 5.41) is 10.00. The fraction of sp³-hybridized carbons (Fsp3) is 0.111. The normalized spacial score (nSPS) is 20.3. The molecular formula is C9H7NaO3. The third-order valence-corrected chi connectivity index (χ3v) is 1.46. The van der Waals surface area contributed by atoms with Gasteiger partial charge in [0.15, 0.2) is 5.78 Å². The molecule has 1 aliphatic carbocycles. The minimum absolute atomic E-state index is 0. The van der Waals surface area contributed by atoms with Crippen LogP contribution in [0.2, 0.25) is 0 Å². The zero-order chi connectivity index (χ0) is 8.97. The van der Waals surface area contributed by atoms with Gasteiger partial charge in [0, 0.05) is 0 Å². The van der Waals surface area contributed by atoms with E-state index in [1.165, 1.54) is 12.2 Å². The molecule has 62 valence electrons. The second-order valence-electron chi connectivity index (χ2n) is 2.35. The van der Waals surface area contributed by atoms with Crippen molar-refractivity contribution in [2.75, 3.05) is 0 Å². The van der Waals surface area contributed by atoms with Crippen molar-refractivity contribution in [2.24, 2.45) is 5.92 Å². The molecule has 1 aliphatic rings. The summed E-state index contributed by atoms with van der Waals surface area (Å²) >= 11 is 0. The Labute approximate surface area is 98.1 Å². The Morgan fingerprint density at radius 2 is 2.15 bits per heavy atom. The summed E-state index contributed by atoms with van der Waals surface area (Å²) in [6.07, 6.45) is 8.52. The van der Waals surface area contributed by atoms with E-state index in [9.17, 15) is 14.7 Å². The van der Waals surface area contributed by atoms with Crippen LogP contribution in [0.25, 0.3) is 0 Å². The summed E-state index contributed by atoms with van der Waals surface area (Å²) in [5.41, 5.74) is 0. The summed E-state index contributed by atoms with van der Waals surface area (Å²) in [7, 11) is 0. The first kappa shape index (κ1) is 12.4. The maximum Gasteiger partial charge on any atom is 1.00 e. The number of ketones is 1. The van der Waals surface area contributed by atoms with Crippen molar-refractivity contribution in [1.29, 1.82) is 0 Å². The van der Waals surface area contributed by atoms with Crippen molar-refractivity contribution < 1.29 is 44.3 Å². The van der Waals surface area contributed by atoms with Crippen molar-refractivity contribution in [3.05, 3.63) is 36.5 Å². The van der Waals surface area contributed by atoms with E-state index < -0.39 is 11.9 Å². The van der Waals surface area contributed by atoms with Gasteiger partial charge >= 0.3 is 29.6 Å². The fourth-order valence-corrected chi connectivity index (χ4v) is 0.881. The molecule has 13 heavy (non-hydrogen) atoms. The third kappa shape index (κ3) is 4.22. The molecule has 3 nitrogen and oxygen atoms in total. The van der Waals surface area contributed by atoms with Gasteiger partial charge < -0.3 is 9.90 Å². The van der Waals surface area contributed by atoms with Gasteiger partial charge in [0.1, 0.15) is 0 Å². The number of rotatable bonds is 2. The van der Waals surface area contributed by atoms with Gasteiger partial charge in [-0.25, -0.2) is 0 Å². The van der Waals surface area contributed by atoms with Crippen LogP contribution in [0, 0.1) is 5.92 Å². The number of allylic oxidation sites excluding steroid dienone is 5. The second kappa shape index (κ2) is 5.91. The van der Waals surface area contributed by atoms with Crippen LogP contribution in [0.5, 0.6) is 0 Å². The third-order valence-electron chi connectivity index (χ3n) is 1.46. The Morgan fingerprint density at radius 3 is 2.69 bits per heavy atom. The molecule has 0 saturated heterocycles. The summed E-state index contributed by atoms with van der Waals surface area (Å²) in [4.78, 5) is 21.0. The van der Waals surface area contributed by atoms with Crippen LogP contribution in [0.1, 0.15) is 0 Å². The molecule has 0 N–H and O–H groups in total. The standard InChI is InChI=1S/C9H8O3.Na/c10-8-4-2-1-3-7(8)5-6-9(11)12;/h1-7H,(H,11,12);/q;+1/p-1/b6-5-;. The van der Waals surface area contributed by atoms with Gasteiger partial charge in [0.05, 0.1) is 11.9 Å². The molecule has 4 heteroatoms. The monoisotopic (exact) mass is 186 g/mol. The fourth-order valence-electron chi connectivity index (χ4n) is 0.881. The van der Waals surface area contributed by atoms with E-state index in [2.05, 4.69) is 0 Å². The van der Waals surface area contributed by atoms with Crippen LogP contribution in [0.3, 0.4) is 0 Å². The van der Waals surface area contributed by atoms with Crippen LogP contribution < -0.4 is 34.7 Å². The van der Waals surface area contributed by atoms with E-state index in [0.29, 0.717) is 0 Å². The van der Waals surface area contributed by atoms with E-state index in [1.807, 2.05) is 0 Å². The number of hydrogen-bond donors (Lipinski definition) is 0. The van der Waals surface area contributed by atoms with Gasteiger partial charge in [-0.1, -0.05) is 24.3 Å². The minimum Gasteiger partial charge on any atom is -0.545 e. The summed E-state index contributed by atoms with van der Waals surface area (Å²) in [6, 6.07) is 0. The number of aliphatic carboxylic acids is 1. The minimum atomic E-state index is -1.29. The Bertz CT molecular complexity index is 289. The average molecular weight is 186 g/mol. The Morgan fingerprint density at radius 1 is 1.46 bits per heavy atom. The van der Waals surface area contributed by atoms with Crippen LogP contribution in [-0.2, 0) is 9.59 Å².